The second-order valence-corrected chi connectivity index (χ2v) is 6.91. The number of esters is 2. The summed E-state index contributed by atoms with van der Waals surface area (Å²) >= 11 is 0. The summed E-state index contributed by atoms with van der Waals surface area (Å²) in [6.45, 7) is 0. The topological polar surface area (TPSA) is 52.6 Å². The lowest BCUT2D eigenvalue weighted by atomic mass is 9.42. The Morgan fingerprint density at radius 3 is 1.40 bits per heavy atom. The predicted octanol–water partition coefficient (Wildman–Crippen LogP) is 2.10. The van der Waals surface area contributed by atoms with Gasteiger partial charge in [-0.25, -0.2) is 8.78 Å². The van der Waals surface area contributed by atoms with Gasteiger partial charge in [0.05, 0.1) is 25.0 Å². The van der Waals surface area contributed by atoms with E-state index in [0.717, 1.165) is 0 Å². The molecule has 4 aliphatic rings. The van der Waals surface area contributed by atoms with E-state index in [1.807, 2.05) is 0 Å². The molecule has 0 unspecified atom stereocenters. The third-order valence-electron chi connectivity index (χ3n) is 5.17. The van der Waals surface area contributed by atoms with Gasteiger partial charge < -0.3 is 9.47 Å². The molecule has 0 aromatic carbocycles. The Balaban J connectivity index is 2.10. The van der Waals surface area contributed by atoms with Gasteiger partial charge >= 0.3 is 11.9 Å². The average molecular weight is 288 g/mol. The van der Waals surface area contributed by atoms with Crippen LogP contribution in [-0.4, -0.2) is 37.5 Å². The largest absolute Gasteiger partial charge is 0.469 e. The van der Waals surface area contributed by atoms with Crippen molar-refractivity contribution in [2.75, 3.05) is 14.2 Å². The maximum Gasteiger partial charge on any atom is 0.312 e. The average Bonchev–Trinajstić information content (AvgIpc) is 2.32. The Labute approximate surface area is 115 Å². The number of rotatable bonds is 2. The smallest absolute Gasteiger partial charge is 0.312 e. The van der Waals surface area contributed by atoms with E-state index in [4.69, 9.17) is 9.47 Å². The molecule has 0 atom stereocenters. The highest BCUT2D eigenvalue weighted by Crippen LogP contribution is 2.70. The fraction of sp³-hybridized carbons (Fsp3) is 0.857. The molecule has 4 rings (SSSR count). The minimum Gasteiger partial charge on any atom is -0.469 e. The summed E-state index contributed by atoms with van der Waals surface area (Å²) in [6.07, 6.45) is -0.351. The van der Waals surface area contributed by atoms with E-state index in [9.17, 15) is 18.4 Å². The Bertz CT molecular complexity index is 434. The molecule has 0 aromatic heterocycles. The monoisotopic (exact) mass is 288 g/mol. The molecule has 0 amide bonds. The van der Waals surface area contributed by atoms with E-state index in [0.29, 0.717) is 0 Å². The Hall–Kier alpha value is -1.20. The molecule has 0 aromatic rings. The highest BCUT2D eigenvalue weighted by Gasteiger charge is 2.74. The zero-order chi connectivity index (χ0) is 14.8. The number of hydrogen-bond donors (Lipinski definition) is 0. The standard InChI is InChI=1S/C14H18F2O4/c1-19-9(17)11-3-12(10(18)20-2)6-13(15,4-11)8-14(16,5-11)7-12/h3-8H2,1-2H3. The minimum atomic E-state index is -1.83. The number of alkyl halides is 2. The first-order chi connectivity index (χ1) is 9.21. The van der Waals surface area contributed by atoms with Crippen molar-refractivity contribution in [1.29, 1.82) is 0 Å². The molecule has 4 nitrogen and oxygen atoms in total. The van der Waals surface area contributed by atoms with E-state index < -0.39 is 34.1 Å². The second-order valence-electron chi connectivity index (χ2n) is 6.91. The van der Waals surface area contributed by atoms with E-state index in [1.54, 1.807) is 0 Å². The first-order valence-electron chi connectivity index (χ1n) is 6.75. The van der Waals surface area contributed by atoms with Crippen LogP contribution in [-0.2, 0) is 19.1 Å². The highest BCUT2D eigenvalue weighted by atomic mass is 19.2. The molecular formula is C14H18F2O4. The van der Waals surface area contributed by atoms with Crippen LogP contribution in [0.5, 0.6) is 0 Å². The summed E-state index contributed by atoms with van der Waals surface area (Å²) in [5.74, 6) is -1.23. The number of carbonyl (C=O) groups is 2. The normalized spacial score (nSPS) is 49.0. The van der Waals surface area contributed by atoms with Crippen molar-refractivity contribution in [1.82, 2.24) is 0 Å². The lowest BCUT2D eigenvalue weighted by Gasteiger charge is -2.63. The minimum absolute atomic E-state index is 0.0584. The molecule has 20 heavy (non-hydrogen) atoms. The van der Waals surface area contributed by atoms with Gasteiger partial charge in [0.1, 0.15) is 11.3 Å². The van der Waals surface area contributed by atoms with Crippen molar-refractivity contribution in [3.8, 4) is 0 Å². The summed E-state index contributed by atoms with van der Waals surface area (Å²) in [4.78, 5) is 24.2. The number of halogens is 2. The second kappa shape index (κ2) is 3.71. The van der Waals surface area contributed by atoms with Gasteiger partial charge in [-0.1, -0.05) is 0 Å². The SMILES string of the molecule is COC(=O)C12CC3(F)CC(F)(C1)CC(C(=O)OC)(C3)C2. The quantitative estimate of drug-likeness (QED) is 0.730. The summed E-state index contributed by atoms with van der Waals surface area (Å²) in [6, 6.07) is 0. The molecule has 4 saturated carbocycles. The van der Waals surface area contributed by atoms with Gasteiger partial charge in [0.25, 0.3) is 0 Å². The van der Waals surface area contributed by atoms with E-state index >= 15 is 0 Å². The van der Waals surface area contributed by atoms with Crippen molar-refractivity contribution in [2.45, 2.75) is 49.9 Å². The van der Waals surface area contributed by atoms with Crippen LogP contribution in [0.2, 0.25) is 0 Å². The highest BCUT2D eigenvalue weighted by molar-refractivity contribution is 5.83. The summed E-state index contributed by atoms with van der Waals surface area (Å²) in [5, 5.41) is 0. The van der Waals surface area contributed by atoms with Crippen molar-refractivity contribution in [3.05, 3.63) is 0 Å². The molecule has 4 fully saturated rings. The maximum atomic E-state index is 15.0. The summed E-state index contributed by atoms with van der Waals surface area (Å²) < 4.78 is 39.4. The van der Waals surface area contributed by atoms with Gasteiger partial charge in [-0.15, -0.1) is 0 Å². The third kappa shape index (κ3) is 1.63. The Morgan fingerprint density at radius 1 is 0.750 bits per heavy atom. The number of carbonyl (C=O) groups excluding carboxylic acids is 2. The molecule has 0 aliphatic heterocycles. The first-order valence-corrected chi connectivity index (χ1v) is 6.75. The van der Waals surface area contributed by atoms with Crippen LogP contribution >= 0.6 is 0 Å². The van der Waals surface area contributed by atoms with Crippen molar-refractivity contribution >= 4 is 11.9 Å². The lowest BCUT2D eigenvalue weighted by molar-refractivity contribution is -0.230. The number of hydrogen-bond acceptors (Lipinski definition) is 4. The van der Waals surface area contributed by atoms with Gasteiger partial charge in [-0.2, -0.15) is 0 Å². The molecule has 0 N–H and O–H groups in total. The molecule has 6 heteroatoms. The molecule has 0 spiro atoms. The molecule has 0 radical (unpaired) electrons. The van der Waals surface area contributed by atoms with E-state index in [2.05, 4.69) is 0 Å². The number of ether oxygens (including phenoxy) is 2. The van der Waals surface area contributed by atoms with E-state index in [-0.39, 0.29) is 38.5 Å². The van der Waals surface area contributed by atoms with Crippen LogP contribution in [0, 0.1) is 10.8 Å². The van der Waals surface area contributed by atoms with Crippen LogP contribution in [0.25, 0.3) is 0 Å². The van der Waals surface area contributed by atoms with Crippen molar-refractivity contribution in [3.63, 3.8) is 0 Å². The number of methoxy groups -OCH3 is 2. The van der Waals surface area contributed by atoms with Crippen LogP contribution in [0.1, 0.15) is 38.5 Å². The zero-order valence-corrected chi connectivity index (χ0v) is 11.6. The van der Waals surface area contributed by atoms with Crippen molar-refractivity contribution < 1.29 is 27.8 Å². The lowest BCUT2D eigenvalue weighted by Crippen LogP contribution is -2.68. The zero-order valence-electron chi connectivity index (χ0n) is 11.6. The van der Waals surface area contributed by atoms with Crippen LogP contribution in [0.3, 0.4) is 0 Å². The molecular weight excluding hydrogens is 270 g/mol. The first kappa shape index (κ1) is 13.8. The van der Waals surface area contributed by atoms with E-state index in [1.165, 1.54) is 14.2 Å². The van der Waals surface area contributed by atoms with Gasteiger partial charge in [0.2, 0.25) is 0 Å². The fourth-order valence-corrected chi connectivity index (χ4v) is 5.26. The Morgan fingerprint density at radius 2 is 1.10 bits per heavy atom. The van der Waals surface area contributed by atoms with Gasteiger partial charge in [-0.05, 0) is 32.1 Å². The molecule has 4 aliphatic carbocycles. The van der Waals surface area contributed by atoms with Crippen LogP contribution in [0.4, 0.5) is 8.78 Å². The molecule has 112 valence electrons. The summed E-state index contributed by atoms with van der Waals surface area (Å²) in [5.41, 5.74) is -6.12. The van der Waals surface area contributed by atoms with Crippen LogP contribution in [0.15, 0.2) is 0 Å². The third-order valence-corrected chi connectivity index (χ3v) is 5.17. The van der Waals surface area contributed by atoms with Crippen molar-refractivity contribution in [2.24, 2.45) is 10.8 Å². The fourth-order valence-electron chi connectivity index (χ4n) is 5.26. The molecule has 0 saturated heterocycles. The van der Waals surface area contributed by atoms with Crippen LogP contribution < -0.4 is 0 Å². The maximum absolute atomic E-state index is 15.0. The van der Waals surface area contributed by atoms with Gasteiger partial charge in [0.15, 0.2) is 0 Å². The summed E-state index contributed by atoms with van der Waals surface area (Å²) in [7, 11) is 2.42. The predicted molar refractivity (Wildman–Crippen MR) is 64.3 cm³/mol. The Kier molecular flexibility index (Phi) is 2.55. The van der Waals surface area contributed by atoms with Gasteiger partial charge in [0, 0.05) is 6.42 Å². The molecule has 0 heterocycles. The molecule has 4 bridgehead atoms. The van der Waals surface area contributed by atoms with Gasteiger partial charge in [-0.3, -0.25) is 9.59 Å².